The lowest BCUT2D eigenvalue weighted by Gasteiger charge is -2.29. The summed E-state index contributed by atoms with van der Waals surface area (Å²) in [6, 6.07) is 0.0612. The van der Waals surface area contributed by atoms with E-state index >= 15 is 0 Å². The third-order valence-electron chi connectivity index (χ3n) is 4.55. The summed E-state index contributed by atoms with van der Waals surface area (Å²) in [6.07, 6.45) is 8.06. The number of aliphatic carboxylic acids is 1. The lowest BCUT2D eigenvalue weighted by Crippen LogP contribution is -2.41. The fraction of sp³-hybridized carbons (Fsp3) is 0.929. The molecule has 2 fully saturated rings. The summed E-state index contributed by atoms with van der Waals surface area (Å²) in [5, 5.41) is 9.14. The van der Waals surface area contributed by atoms with Crippen molar-refractivity contribution in [2.75, 3.05) is 26.8 Å². The van der Waals surface area contributed by atoms with Crippen molar-refractivity contribution in [3.8, 4) is 0 Å². The van der Waals surface area contributed by atoms with Crippen molar-refractivity contribution in [3.63, 3.8) is 0 Å². The van der Waals surface area contributed by atoms with Crippen LogP contribution in [-0.4, -0.2) is 48.8 Å². The lowest BCUT2D eigenvalue weighted by atomic mass is 9.87. The number of ether oxygens (including phenoxy) is 1. The van der Waals surface area contributed by atoms with Crippen LogP contribution >= 0.6 is 0 Å². The zero-order chi connectivity index (χ0) is 13.0. The second-order valence-electron chi connectivity index (χ2n) is 5.82. The van der Waals surface area contributed by atoms with Crippen molar-refractivity contribution < 1.29 is 14.6 Å². The van der Waals surface area contributed by atoms with E-state index in [9.17, 15) is 4.79 Å². The molecule has 1 aliphatic heterocycles. The molecule has 18 heavy (non-hydrogen) atoms. The second-order valence-corrected chi connectivity index (χ2v) is 5.82. The summed E-state index contributed by atoms with van der Waals surface area (Å²) in [7, 11) is 2.04. The molecule has 1 saturated heterocycles. The summed E-state index contributed by atoms with van der Waals surface area (Å²) in [5.74, 6) is -0.213. The number of rotatable bonds is 5. The van der Waals surface area contributed by atoms with Crippen molar-refractivity contribution in [3.05, 3.63) is 0 Å². The van der Waals surface area contributed by atoms with Gasteiger partial charge in [0.25, 0.3) is 0 Å². The third-order valence-corrected chi connectivity index (χ3v) is 4.55. The second kappa shape index (κ2) is 6.53. The lowest BCUT2D eigenvalue weighted by molar-refractivity contribution is -0.143. The predicted molar refractivity (Wildman–Crippen MR) is 69.6 cm³/mol. The van der Waals surface area contributed by atoms with Crippen molar-refractivity contribution in [1.29, 1.82) is 0 Å². The average molecular weight is 255 g/mol. The van der Waals surface area contributed by atoms with Gasteiger partial charge < -0.3 is 14.7 Å². The van der Waals surface area contributed by atoms with E-state index in [4.69, 9.17) is 9.84 Å². The minimum Gasteiger partial charge on any atom is -0.481 e. The first-order valence-corrected chi connectivity index (χ1v) is 7.19. The summed E-state index contributed by atoms with van der Waals surface area (Å²) in [4.78, 5) is 13.3. The van der Waals surface area contributed by atoms with Crippen LogP contribution in [0.4, 0.5) is 0 Å². The number of carboxylic acid groups (broad SMARTS) is 1. The number of nitrogens with zero attached hydrogens (tertiary/aromatic N) is 1. The van der Waals surface area contributed by atoms with Gasteiger partial charge in [0.15, 0.2) is 0 Å². The zero-order valence-corrected chi connectivity index (χ0v) is 11.3. The smallest absolute Gasteiger partial charge is 0.310 e. The van der Waals surface area contributed by atoms with Gasteiger partial charge in [-0.3, -0.25) is 4.79 Å². The Morgan fingerprint density at radius 1 is 1.28 bits per heavy atom. The van der Waals surface area contributed by atoms with Crippen molar-refractivity contribution in [2.24, 2.45) is 11.8 Å². The van der Waals surface area contributed by atoms with E-state index in [1.54, 1.807) is 0 Å². The Kier molecular flexibility index (Phi) is 5.01. The number of likely N-dealkylation sites (N-methyl/N-ethyl adjacent to an activating group) is 1. The highest BCUT2D eigenvalue weighted by atomic mass is 16.5. The molecule has 1 heterocycles. The molecular weight excluding hydrogens is 230 g/mol. The van der Waals surface area contributed by atoms with Gasteiger partial charge in [-0.25, -0.2) is 0 Å². The van der Waals surface area contributed by atoms with E-state index in [1.165, 1.54) is 38.5 Å². The number of carbonyl (C=O) groups is 1. The van der Waals surface area contributed by atoms with Crippen LogP contribution < -0.4 is 0 Å². The fourth-order valence-corrected chi connectivity index (χ4v) is 3.24. The van der Waals surface area contributed by atoms with Crippen LogP contribution in [0.1, 0.15) is 38.5 Å². The van der Waals surface area contributed by atoms with Gasteiger partial charge in [0.2, 0.25) is 0 Å². The maximum Gasteiger partial charge on any atom is 0.310 e. The molecule has 2 atom stereocenters. The van der Waals surface area contributed by atoms with Gasteiger partial charge in [-0.05, 0) is 25.9 Å². The molecule has 4 nitrogen and oxygen atoms in total. The molecule has 0 bridgehead atoms. The summed E-state index contributed by atoms with van der Waals surface area (Å²) >= 11 is 0. The Morgan fingerprint density at radius 2 is 2.00 bits per heavy atom. The highest BCUT2D eigenvalue weighted by Crippen LogP contribution is 2.27. The maximum absolute atomic E-state index is 11.1. The normalized spacial score (nSPS) is 29.9. The first-order chi connectivity index (χ1) is 8.68. The van der Waals surface area contributed by atoms with Crippen LogP contribution in [0.3, 0.4) is 0 Å². The number of hydrogen-bond acceptors (Lipinski definition) is 3. The Hall–Kier alpha value is -0.610. The van der Waals surface area contributed by atoms with Gasteiger partial charge in [0.05, 0.1) is 19.1 Å². The topological polar surface area (TPSA) is 49.8 Å². The molecule has 1 aliphatic carbocycles. The molecule has 0 aromatic carbocycles. The van der Waals surface area contributed by atoms with E-state index in [0.29, 0.717) is 13.2 Å². The van der Waals surface area contributed by atoms with Gasteiger partial charge in [0, 0.05) is 6.04 Å². The minimum absolute atomic E-state index is 0.0612. The van der Waals surface area contributed by atoms with Gasteiger partial charge >= 0.3 is 5.97 Å². The molecule has 0 aromatic heterocycles. The standard InChI is InChI=1S/C14H25NO3/c1-15(8-7-11-5-3-2-4-6-11)13-10-18-9-12(13)14(16)17/h11-13H,2-10H2,1H3,(H,16,17). The van der Waals surface area contributed by atoms with Crippen LogP contribution in [0, 0.1) is 11.8 Å². The highest BCUT2D eigenvalue weighted by molar-refractivity contribution is 5.71. The van der Waals surface area contributed by atoms with Crippen LogP contribution in [0.5, 0.6) is 0 Å². The van der Waals surface area contributed by atoms with E-state index in [1.807, 2.05) is 7.05 Å². The molecule has 2 unspecified atom stereocenters. The minimum atomic E-state index is -0.720. The van der Waals surface area contributed by atoms with Crippen LogP contribution in [0.2, 0.25) is 0 Å². The van der Waals surface area contributed by atoms with Gasteiger partial charge in [-0.2, -0.15) is 0 Å². The molecule has 2 aliphatic rings. The monoisotopic (exact) mass is 255 g/mol. The molecule has 1 N–H and O–H groups in total. The molecule has 0 spiro atoms. The zero-order valence-electron chi connectivity index (χ0n) is 11.3. The van der Waals surface area contributed by atoms with Gasteiger partial charge in [0.1, 0.15) is 0 Å². The van der Waals surface area contributed by atoms with Gasteiger partial charge in [-0.15, -0.1) is 0 Å². The first-order valence-electron chi connectivity index (χ1n) is 7.19. The summed E-state index contributed by atoms with van der Waals surface area (Å²) in [5.41, 5.74) is 0. The van der Waals surface area contributed by atoms with E-state index < -0.39 is 5.97 Å². The SMILES string of the molecule is CN(CCC1CCCCC1)C1COCC1C(=O)O. The Labute approximate surface area is 109 Å². The molecule has 0 amide bonds. The van der Waals surface area contributed by atoms with E-state index in [0.717, 1.165) is 12.5 Å². The van der Waals surface area contributed by atoms with Crippen LogP contribution in [-0.2, 0) is 9.53 Å². The van der Waals surface area contributed by atoms with Crippen LogP contribution in [0.15, 0.2) is 0 Å². The number of hydrogen-bond donors (Lipinski definition) is 1. The molecule has 4 heteroatoms. The van der Waals surface area contributed by atoms with Crippen molar-refractivity contribution in [1.82, 2.24) is 4.90 Å². The molecule has 0 aromatic rings. The Morgan fingerprint density at radius 3 is 2.67 bits per heavy atom. The Balaban J connectivity index is 1.76. The van der Waals surface area contributed by atoms with E-state index in [2.05, 4.69) is 4.90 Å². The Bertz CT molecular complexity index is 276. The van der Waals surface area contributed by atoms with Crippen LogP contribution in [0.25, 0.3) is 0 Å². The quantitative estimate of drug-likeness (QED) is 0.816. The molecule has 104 valence electrons. The van der Waals surface area contributed by atoms with Crippen molar-refractivity contribution in [2.45, 2.75) is 44.6 Å². The molecule has 0 radical (unpaired) electrons. The molecule has 2 rings (SSSR count). The van der Waals surface area contributed by atoms with E-state index in [-0.39, 0.29) is 12.0 Å². The number of carboxylic acids is 1. The summed E-state index contributed by atoms with van der Waals surface area (Å²) < 4.78 is 5.32. The highest BCUT2D eigenvalue weighted by Gasteiger charge is 2.36. The van der Waals surface area contributed by atoms with Gasteiger partial charge in [-0.1, -0.05) is 32.1 Å². The summed E-state index contributed by atoms with van der Waals surface area (Å²) in [6.45, 7) is 1.94. The largest absolute Gasteiger partial charge is 0.481 e. The predicted octanol–water partition coefficient (Wildman–Crippen LogP) is 1.99. The molecule has 1 saturated carbocycles. The maximum atomic E-state index is 11.1. The van der Waals surface area contributed by atoms with Crippen molar-refractivity contribution >= 4 is 5.97 Å². The first kappa shape index (κ1) is 13.8. The fourth-order valence-electron chi connectivity index (χ4n) is 3.24. The average Bonchev–Trinajstić information content (AvgIpc) is 2.86. The molecular formula is C14H25NO3. The third kappa shape index (κ3) is 3.45.